The fraction of sp³-hybridized carbons (Fsp3) is 0.632. The quantitative estimate of drug-likeness (QED) is 0.826. The van der Waals surface area contributed by atoms with Gasteiger partial charge in [-0.15, -0.1) is 0 Å². The zero-order chi connectivity index (χ0) is 16.4. The lowest BCUT2D eigenvalue weighted by Crippen LogP contribution is -2.34. The average molecular weight is 335 g/mol. The molecule has 1 aliphatic heterocycles. The second kappa shape index (κ2) is 7.23. The van der Waals surface area contributed by atoms with Gasteiger partial charge in [-0.2, -0.15) is 0 Å². The summed E-state index contributed by atoms with van der Waals surface area (Å²) in [6, 6.07) is 8.15. The number of amides is 1. The zero-order valence-corrected chi connectivity index (χ0v) is 14.9. The Morgan fingerprint density at radius 2 is 1.83 bits per heavy atom. The van der Waals surface area contributed by atoms with E-state index in [0.717, 1.165) is 42.8 Å². The van der Waals surface area contributed by atoms with Gasteiger partial charge >= 0.3 is 0 Å². The Balaban J connectivity index is 1.39. The minimum Gasteiger partial charge on any atom is -0.356 e. The molecule has 23 heavy (non-hydrogen) atoms. The highest BCUT2D eigenvalue weighted by molar-refractivity contribution is 6.30. The molecule has 1 amide bonds. The molecular weight excluding hydrogens is 308 g/mol. The third-order valence-corrected chi connectivity index (χ3v) is 5.89. The number of halogens is 1. The molecule has 3 nitrogen and oxygen atoms in total. The molecule has 1 saturated carbocycles. The van der Waals surface area contributed by atoms with Crippen LogP contribution < -0.4 is 5.32 Å². The Hall–Kier alpha value is -1.06. The summed E-state index contributed by atoms with van der Waals surface area (Å²) in [5.74, 6) is 2.70. The van der Waals surface area contributed by atoms with Crippen molar-refractivity contribution in [1.82, 2.24) is 10.2 Å². The lowest BCUT2D eigenvalue weighted by molar-refractivity contribution is -0.125. The third kappa shape index (κ3) is 3.89. The van der Waals surface area contributed by atoms with Crippen LogP contribution in [0.4, 0.5) is 0 Å². The number of carbonyl (C=O) groups excluding carboxylic acids is 1. The number of hydrogen-bond acceptors (Lipinski definition) is 2. The van der Waals surface area contributed by atoms with Crippen molar-refractivity contribution in [3.63, 3.8) is 0 Å². The Morgan fingerprint density at radius 3 is 2.39 bits per heavy atom. The predicted octanol–water partition coefficient (Wildman–Crippen LogP) is 3.57. The van der Waals surface area contributed by atoms with Crippen molar-refractivity contribution in [2.75, 3.05) is 19.6 Å². The molecule has 1 aromatic carbocycles. The average Bonchev–Trinajstić information content (AvgIpc) is 3.00. The predicted molar refractivity (Wildman–Crippen MR) is 94.3 cm³/mol. The molecule has 0 radical (unpaired) electrons. The molecule has 3 rings (SSSR count). The minimum atomic E-state index is 0.190. The molecule has 2 unspecified atom stereocenters. The van der Waals surface area contributed by atoms with Gasteiger partial charge < -0.3 is 5.32 Å². The van der Waals surface area contributed by atoms with Crippen LogP contribution in [0.25, 0.3) is 0 Å². The van der Waals surface area contributed by atoms with Gasteiger partial charge in [-0.3, -0.25) is 9.69 Å². The molecule has 2 aliphatic rings. The monoisotopic (exact) mass is 334 g/mol. The number of nitrogens with zero attached hydrogens (tertiary/aromatic N) is 1. The number of rotatable bonds is 7. The molecule has 1 N–H and O–H groups in total. The number of likely N-dealkylation sites (tertiary alicyclic amines) is 1. The normalized spacial score (nSPS) is 26.3. The van der Waals surface area contributed by atoms with Gasteiger partial charge in [0.2, 0.25) is 5.91 Å². The number of carbonyl (C=O) groups is 1. The van der Waals surface area contributed by atoms with Crippen LogP contribution in [0.2, 0.25) is 5.02 Å². The van der Waals surface area contributed by atoms with E-state index in [9.17, 15) is 4.79 Å². The summed E-state index contributed by atoms with van der Waals surface area (Å²) in [7, 11) is 0. The second-order valence-corrected chi connectivity index (χ2v) is 7.51. The number of piperidine rings is 1. The lowest BCUT2D eigenvalue weighted by Gasteiger charge is -2.20. The summed E-state index contributed by atoms with van der Waals surface area (Å²) >= 11 is 5.93. The van der Waals surface area contributed by atoms with E-state index in [0.29, 0.717) is 5.92 Å². The maximum atomic E-state index is 12.1. The maximum absolute atomic E-state index is 12.1. The van der Waals surface area contributed by atoms with Gasteiger partial charge in [0.25, 0.3) is 0 Å². The molecule has 1 saturated heterocycles. The van der Waals surface area contributed by atoms with Crippen LogP contribution in [0, 0.1) is 23.7 Å². The Labute approximate surface area is 144 Å². The van der Waals surface area contributed by atoms with E-state index in [1.807, 2.05) is 12.1 Å². The van der Waals surface area contributed by atoms with Gasteiger partial charge in [0.15, 0.2) is 0 Å². The highest BCUT2D eigenvalue weighted by Gasteiger charge is 2.55. The molecule has 1 heterocycles. The number of hydrogen-bond donors (Lipinski definition) is 1. The van der Waals surface area contributed by atoms with Crippen molar-refractivity contribution >= 4 is 17.5 Å². The Bertz CT molecular complexity index is 529. The zero-order valence-electron chi connectivity index (χ0n) is 14.1. The maximum Gasteiger partial charge on any atom is 0.223 e. The summed E-state index contributed by atoms with van der Waals surface area (Å²) in [6.45, 7) is 8.40. The smallest absolute Gasteiger partial charge is 0.223 e. The lowest BCUT2D eigenvalue weighted by atomic mass is 10.0. The van der Waals surface area contributed by atoms with E-state index in [-0.39, 0.29) is 11.8 Å². The molecule has 2 atom stereocenters. The first-order valence-corrected chi connectivity index (χ1v) is 9.24. The van der Waals surface area contributed by atoms with Crippen molar-refractivity contribution in [3.05, 3.63) is 34.9 Å². The molecule has 2 fully saturated rings. The fourth-order valence-corrected chi connectivity index (χ4v) is 4.16. The van der Waals surface area contributed by atoms with Gasteiger partial charge in [0.05, 0.1) is 0 Å². The fourth-order valence-electron chi connectivity index (χ4n) is 4.04. The van der Waals surface area contributed by atoms with E-state index in [4.69, 9.17) is 11.6 Å². The standard InChI is InChI=1S/C19H27ClN2O/c1-3-14(4-2)19(23)21-9-16-17-11-22(12-18(16)17)10-13-5-7-15(20)8-6-13/h5-8,14,16-18H,3-4,9-12H2,1-2H3,(H,21,23). The van der Waals surface area contributed by atoms with E-state index < -0.39 is 0 Å². The van der Waals surface area contributed by atoms with Crippen molar-refractivity contribution in [3.8, 4) is 0 Å². The summed E-state index contributed by atoms with van der Waals surface area (Å²) in [5.41, 5.74) is 1.33. The van der Waals surface area contributed by atoms with Crippen LogP contribution in [-0.4, -0.2) is 30.4 Å². The van der Waals surface area contributed by atoms with Gasteiger partial charge in [0, 0.05) is 37.1 Å². The highest BCUT2D eigenvalue weighted by Crippen LogP contribution is 2.51. The summed E-state index contributed by atoms with van der Waals surface area (Å²) in [5, 5.41) is 3.97. The summed E-state index contributed by atoms with van der Waals surface area (Å²) in [6.07, 6.45) is 1.88. The number of nitrogens with one attached hydrogen (secondary N) is 1. The van der Waals surface area contributed by atoms with Crippen LogP contribution in [0.15, 0.2) is 24.3 Å². The van der Waals surface area contributed by atoms with E-state index in [2.05, 4.69) is 36.2 Å². The Kier molecular flexibility index (Phi) is 5.27. The van der Waals surface area contributed by atoms with Crippen LogP contribution in [0.5, 0.6) is 0 Å². The summed E-state index contributed by atoms with van der Waals surface area (Å²) in [4.78, 5) is 14.6. The first-order valence-electron chi connectivity index (χ1n) is 8.86. The highest BCUT2D eigenvalue weighted by atomic mass is 35.5. The first-order chi connectivity index (χ1) is 11.1. The van der Waals surface area contributed by atoms with Crippen LogP contribution in [0.1, 0.15) is 32.3 Å². The number of benzene rings is 1. The third-order valence-electron chi connectivity index (χ3n) is 5.63. The van der Waals surface area contributed by atoms with Crippen molar-refractivity contribution in [1.29, 1.82) is 0 Å². The Morgan fingerprint density at radius 1 is 1.22 bits per heavy atom. The van der Waals surface area contributed by atoms with Crippen molar-refractivity contribution < 1.29 is 4.79 Å². The molecule has 0 spiro atoms. The molecule has 0 bridgehead atoms. The van der Waals surface area contributed by atoms with Crippen LogP contribution in [-0.2, 0) is 11.3 Å². The molecule has 0 aromatic heterocycles. The topological polar surface area (TPSA) is 32.3 Å². The van der Waals surface area contributed by atoms with E-state index >= 15 is 0 Å². The first kappa shape index (κ1) is 16.8. The molecule has 4 heteroatoms. The molecular formula is C19H27ClN2O. The SMILES string of the molecule is CCC(CC)C(=O)NCC1C2CN(Cc3ccc(Cl)cc3)CC12. The van der Waals surface area contributed by atoms with E-state index in [1.54, 1.807) is 0 Å². The summed E-state index contributed by atoms with van der Waals surface area (Å²) < 4.78 is 0. The van der Waals surface area contributed by atoms with Crippen molar-refractivity contribution in [2.45, 2.75) is 33.2 Å². The van der Waals surface area contributed by atoms with Gasteiger partial charge in [-0.1, -0.05) is 37.6 Å². The van der Waals surface area contributed by atoms with E-state index in [1.165, 1.54) is 18.7 Å². The minimum absolute atomic E-state index is 0.190. The van der Waals surface area contributed by atoms with Gasteiger partial charge in [0.1, 0.15) is 0 Å². The molecule has 1 aliphatic carbocycles. The molecule has 1 aromatic rings. The van der Waals surface area contributed by atoms with Crippen LogP contribution in [0.3, 0.4) is 0 Å². The largest absolute Gasteiger partial charge is 0.356 e. The second-order valence-electron chi connectivity index (χ2n) is 7.07. The molecule has 126 valence electrons. The van der Waals surface area contributed by atoms with Crippen LogP contribution >= 0.6 is 11.6 Å². The van der Waals surface area contributed by atoms with Gasteiger partial charge in [-0.05, 0) is 48.3 Å². The van der Waals surface area contributed by atoms with Gasteiger partial charge in [-0.25, -0.2) is 0 Å². The van der Waals surface area contributed by atoms with Crippen molar-refractivity contribution in [2.24, 2.45) is 23.7 Å². The number of fused-ring (bicyclic) bond motifs is 1.